The first-order chi connectivity index (χ1) is 5.83. The van der Waals surface area contributed by atoms with E-state index in [-0.39, 0.29) is 0 Å². The van der Waals surface area contributed by atoms with E-state index in [9.17, 15) is 4.79 Å². The Kier molecular flexibility index (Phi) is 1.40. The molecule has 0 saturated heterocycles. The van der Waals surface area contributed by atoms with Gasteiger partial charge in [0.05, 0.1) is 5.52 Å². The van der Waals surface area contributed by atoms with Crippen LogP contribution in [-0.2, 0) is 0 Å². The molecule has 0 aliphatic carbocycles. The van der Waals surface area contributed by atoms with Crippen LogP contribution in [0.25, 0.3) is 5.52 Å². The Morgan fingerprint density at radius 3 is 3.17 bits per heavy atom. The first-order valence-corrected chi connectivity index (χ1v) is 3.58. The molecule has 2 heterocycles. The number of carbonyl (C=O) groups excluding carboxylic acids is 1. The topological polar surface area (TPSA) is 47.3 Å². The second kappa shape index (κ2) is 2.41. The fraction of sp³-hybridized carbons (Fsp3) is 0.125. The average molecular weight is 161 g/mol. The molecule has 0 unspecified atom stereocenters. The van der Waals surface area contributed by atoms with Gasteiger partial charge in [-0.15, -0.1) is 0 Å². The van der Waals surface area contributed by atoms with Gasteiger partial charge in [0.2, 0.25) is 0 Å². The van der Waals surface area contributed by atoms with E-state index in [2.05, 4.69) is 10.1 Å². The van der Waals surface area contributed by atoms with E-state index in [1.165, 1.54) is 0 Å². The molecule has 0 aliphatic rings. The Balaban J connectivity index is 2.91. The van der Waals surface area contributed by atoms with E-state index in [1.807, 2.05) is 13.0 Å². The third-order valence-corrected chi connectivity index (χ3v) is 1.71. The smallest absolute Gasteiger partial charge is 0.170 e. The second-order valence-electron chi connectivity index (χ2n) is 2.48. The maximum Gasteiger partial charge on any atom is 0.170 e. The Morgan fingerprint density at radius 1 is 1.58 bits per heavy atom. The van der Waals surface area contributed by atoms with Gasteiger partial charge in [0.15, 0.2) is 6.29 Å². The predicted molar refractivity (Wildman–Crippen MR) is 43.1 cm³/mol. The molecule has 2 rings (SSSR count). The molecule has 4 nitrogen and oxygen atoms in total. The number of aldehydes is 1. The number of rotatable bonds is 1. The molecule has 0 atom stereocenters. The zero-order valence-electron chi connectivity index (χ0n) is 6.56. The van der Waals surface area contributed by atoms with E-state index >= 15 is 0 Å². The average Bonchev–Trinajstić information content (AvgIpc) is 2.44. The summed E-state index contributed by atoms with van der Waals surface area (Å²) in [6.45, 7) is 1.81. The quantitative estimate of drug-likeness (QED) is 0.582. The van der Waals surface area contributed by atoms with Crippen molar-refractivity contribution >= 4 is 11.8 Å². The molecular formula is C8H7N3O. The first-order valence-electron chi connectivity index (χ1n) is 3.58. The van der Waals surface area contributed by atoms with Crippen LogP contribution in [0, 0.1) is 6.92 Å². The number of hydrogen-bond donors (Lipinski definition) is 0. The molecule has 0 fully saturated rings. The van der Waals surface area contributed by atoms with Gasteiger partial charge in [-0.1, -0.05) is 0 Å². The van der Waals surface area contributed by atoms with Crippen LogP contribution in [0.15, 0.2) is 18.3 Å². The summed E-state index contributed by atoms with van der Waals surface area (Å²) in [7, 11) is 0. The van der Waals surface area contributed by atoms with Crippen molar-refractivity contribution in [3.63, 3.8) is 0 Å². The van der Waals surface area contributed by atoms with Crippen molar-refractivity contribution in [3.8, 4) is 0 Å². The first kappa shape index (κ1) is 6.97. The lowest BCUT2D eigenvalue weighted by atomic mass is 10.4. The minimum atomic E-state index is 0.445. The number of fused-ring (bicyclic) bond motifs is 1. The van der Waals surface area contributed by atoms with Crippen molar-refractivity contribution in [2.24, 2.45) is 0 Å². The summed E-state index contributed by atoms with van der Waals surface area (Å²) in [5.41, 5.74) is 1.20. The van der Waals surface area contributed by atoms with Crippen LogP contribution < -0.4 is 0 Å². The van der Waals surface area contributed by atoms with Gasteiger partial charge in [-0.05, 0) is 19.1 Å². The summed E-state index contributed by atoms with van der Waals surface area (Å²) >= 11 is 0. The molecule has 0 spiro atoms. The maximum atomic E-state index is 10.5. The monoisotopic (exact) mass is 161 g/mol. The normalized spacial score (nSPS) is 10.4. The van der Waals surface area contributed by atoms with Gasteiger partial charge in [-0.2, -0.15) is 5.10 Å². The summed E-state index contributed by atoms with van der Waals surface area (Å²) in [4.78, 5) is 14.6. The summed E-state index contributed by atoms with van der Waals surface area (Å²) in [6, 6.07) is 3.60. The van der Waals surface area contributed by atoms with Crippen LogP contribution in [0.2, 0.25) is 0 Å². The molecule has 60 valence electrons. The van der Waals surface area contributed by atoms with Crippen molar-refractivity contribution in [2.45, 2.75) is 6.92 Å². The molecule has 0 N–H and O–H groups in total. The van der Waals surface area contributed by atoms with Gasteiger partial charge >= 0.3 is 0 Å². The van der Waals surface area contributed by atoms with E-state index in [1.54, 1.807) is 16.8 Å². The van der Waals surface area contributed by atoms with Crippen LogP contribution in [0.4, 0.5) is 0 Å². The Hall–Kier alpha value is -1.71. The molecule has 0 amide bonds. The van der Waals surface area contributed by atoms with Crippen LogP contribution in [0.1, 0.15) is 16.3 Å². The van der Waals surface area contributed by atoms with Crippen LogP contribution >= 0.6 is 0 Å². The number of aromatic nitrogens is 3. The molecule has 2 aromatic heterocycles. The van der Waals surface area contributed by atoms with Crippen LogP contribution in [0.3, 0.4) is 0 Å². The van der Waals surface area contributed by atoms with Crippen molar-refractivity contribution in [1.29, 1.82) is 0 Å². The Labute approximate surface area is 68.8 Å². The predicted octanol–water partition coefficient (Wildman–Crippen LogP) is 0.850. The standard InChI is InChI=1S/C8H7N3O/c1-6-10-7(5-12)8-3-2-4-9-11(6)8/h2-5H,1H3. The van der Waals surface area contributed by atoms with Crippen molar-refractivity contribution in [3.05, 3.63) is 29.8 Å². The molecular weight excluding hydrogens is 154 g/mol. The molecule has 0 radical (unpaired) electrons. The van der Waals surface area contributed by atoms with Crippen molar-refractivity contribution in [2.75, 3.05) is 0 Å². The molecule has 0 aliphatic heterocycles. The summed E-state index contributed by atoms with van der Waals surface area (Å²) in [5, 5.41) is 4.04. The van der Waals surface area contributed by atoms with Gasteiger partial charge in [-0.25, -0.2) is 9.50 Å². The number of nitrogens with zero attached hydrogens (tertiary/aromatic N) is 3. The van der Waals surface area contributed by atoms with Crippen LogP contribution in [0.5, 0.6) is 0 Å². The Morgan fingerprint density at radius 2 is 2.42 bits per heavy atom. The molecule has 0 saturated carbocycles. The zero-order valence-corrected chi connectivity index (χ0v) is 6.56. The highest BCUT2D eigenvalue weighted by Crippen LogP contribution is 2.07. The maximum absolute atomic E-state index is 10.5. The molecule has 0 aromatic carbocycles. The van der Waals surface area contributed by atoms with E-state index in [0.717, 1.165) is 17.6 Å². The lowest BCUT2D eigenvalue weighted by Gasteiger charge is -1.91. The van der Waals surface area contributed by atoms with Gasteiger partial charge < -0.3 is 0 Å². The van der Waals surface area contributed by atoms with Crippen molar-refractivity contribution < 1.29 is 4.79 Å². The highest BCUT2D eigenvalue weighted by Gasteiger charge is 2.05. The van der Waals surface area contributed by atoms with Gasteiger partial charge in [0.1, 0.15) is 11.5 Å². The van der Waals surface area contributed by atoms with E-state index in [4.69, 9.17) is 0 Å². The zero-order chi connectivity index (χ0) is 8.55. The fourth-order valence-electron chi connectivity index (χ4n) is 1.19. The summed E-state index contributed by atoms with van der Waals surface area (Å²) in [6.07, 6.45) is 2.40. The largest absolute Gasteiger partial charge is 0.296 e. The SMILES string of the molecule is Cc1nc(C=O)c2cccnn12. The molecule has 2 aromatic rings. The van der Waals surface area contributed by atoms with Crippen LogP contribution in [-0.4, -0.2) is 20.9 Å². The highest BCUT2D eigenvalue weighted by molar-refractivity contribution is 5.83. The molecule has 0 bridgehead atoms. The summed E-state index contributed by atoms with van der Waals surface area (Å²) < 4.78 is 1.64. The number of carbonyl (C=O) groups is 1. The van der Waals surface area contributed by atoms with E-state index in [0.29, 0.717) is 5.69 Å². The Bertz CT molecular complexity index is 433. The lowest BCUT2D eigenvalue weighted by molar-refractivity contribution is 0.112. The van der Waals surface area contributed by atoms with Gasteiger partial charge in [-0.3, -0.25) is 4.79 Å². The minimum absolute atomic E-state index is 0.445. The second-order valence-corrected chi connectivity index (χ2v) is 2.48. The number of hydrogen-bond acceptors (Lipinski definition) is 3. The number of imidazole rings is 1. The van der Waals surface area contributed by atoms with E-state index < -0.39 is 0 Å². The lowest BCUT2D eigenvalue weighted by Crippen LogP contribution is -1.91. The summed E-state index contributed by atoms with van der Waals surface area (Å²) in [5.74, 6) is 0.729. The minimum Gasteiger partial charge on any atom is -0.296 e. The highest BCUT2D eigenvalue weighted by atomic mass is 16.1. The molecule has 12 heavy (non-hydrogen) atoms. The number of aryl methyl sites for hydroxylation is 1. The molecule has 4 heteroatoms. The van der Waals surface area contributed by atoms with Gasteiger partial charge in [0.25, 0.3) is 0 Å². The third kappa shape index (κ3) is 0.812. The third-order valence-electron chi connectivity index (χ3n) is 1.71. The van der Waals surface area contributed by atoms with Crippen molar-refractivity contribution in [1.82, 2.24) is 14.6 Å². The van der Waals surface area contributed by atoms with Gasteiger partial charge in [0, 0.05) is 6.20 Å². The fourth-order valence-corrected chi connectivity index (χ4v) is 1.19.